The largest absolute Gasteiger partial charge is 0.459 e. The molecule has 170 valence electrons. The molecule has 1 aliphatic rings. The number of benzene rings is 1. The summed E-state index contributed by atoms with van der Waals surface area (Å²) in [6.07, 6.45) is 2.27. The summed E-state index contributed by atoms with van der Waals surface area (Å²) in [4.78, 5) is 49.6. The van der Waals surface area contributed by atoms with Crippen LogP contribution in [0.15, 0.2) is 24.3 Å². The lowest BCUT2D eigenvalue weighted by Crippen LogP contribution is -2.22. The number of nitrogens with two attached hydrogens (primary N) is 1. The number of rotatable bonds is 7. The van der Waals surface area contributed by atoms with Crippen molar-refractivity contribution in [2.24, 2.45) is 11.7 Å². The van der Waals surface area contributed by atoms with Crippen LogP contribution in [0.4, 0.5) is 5.00 Å². The summed E-state index contributed by atoms with van der Waals surface area (Å²) in [5.41, 5.74) is 6.95. The molecule has 9 heteroatoms. The fourth-order valence-electron chi connectivity index (χ4n) is 3.48. The van der Waals surface area contributed by atoms with Gasteiger partial charge < -0.3 is 20.5 Å². The molecule has 1 aromatic heterocycles. The summed E-state index contributed by atoms with van der Waals surface area (Å²) in [6, 6.07) is 5.61. The Balaban J connectivity index is 1.69. The van der Waals surface area contributed by atoms with E-state index in [0.29, 0.717) is 16.5 Å². The highest BCUT2D eigenvalue weighted by molar-refractivity contribution is 7.17. The van der Waals surface area contributed by atoms with E-state index in [2.05, 4.69) is 12.2 Å². The van der Waals surface area contributed by atoms with Gasteiger partial charge in [-0.1, -0.05) is 6.92 Å². The van der Waals surface area contributed by atoms with Gasteiger partial charge in [-0.05, 0) is 68.9 Å². The average molecular weight is 459 g/mol. The molecule has 0 saturated carbocycles. The SMILES string of the molecule is CC1CCc2c(sc(NC(=O)COC(=O)c3ccc(C(N)=O)cc3)c2C(=O)OC(C)C)C1. The highest BCUT2D eigenvalue weighted by atomic mass is 32.1. The van der Waals surface area contributed by atoms with Crippen LogP contribution < -0.4 is 11.1 Å². The predicted octanol–water partition coefficient (Wildman–Crippen LogP) is 3.33. The Morgan fingerprint density at radius 1 is 1.12 bits per heavy atom. The number of hydrogen-bond acceptors (Lipinski definition) is 7. The normalized spacial score (nSPS) is 15.1. The monoisotopic (exact) mass is 458 g/mol. The maximum Gasteiger partial charge on any atom is 0.341 e. The molecule has 1 atom stereocenters. The zero-order chi connectivity index (χ0) is 23.4. The van der Waals surface area contributed by atoms with Crippen molar-refractivity contribution in [3.05, 3.63) is 51.4 Å². The van der Waals surface area contributed by atoms with Crippen LogP contribution in [0.1, 0.15) is 68.7 Å². The van der Waals surface area contributed by atoms with E-state index in [1.807, 2.05) is 0 Å². The van der Waals surface area contributed by atoms with E-state index in [-0.39, 0.29) is 17.2 Å². The van der Waals surface area contributed by atoms with Gasteiger partial charge >= 0.3 is 11.9 Å². The van der Waals surface area contributed by atoms with Gasteiger partial charge in [0.25, 0.3) is 5.91 Å². The first-order chi connectivity index (χ1) is 15.2. The number of anilines is 1. The smallest absolute Gasteiger partial charge is 0.341 e. The number of primary amides is 1. The second-order valence-electron chi connectivity index (χ2n) is 8.08. The number of fused-ring (bicyclic) bond motifs is 1. The Labute approximate surface area is 190 Å². The van der Waals surface area contributed by atoms with Gasteiger partial charge in [0.05, 0.1) is 17.2 Å². The fraction of sp³-hybridized carbons (Fsp3) is 0.391. The molecular formula is C23H26N2O6S. The molecule has 1 unspecified atom stereocenters. The summed E-state index contributed by atoms with van der Waals surface area (Å²) in [7, 11) is 0. The molecule has 32 heavy (non-hydrogen) atoms. The summed E-state index contributed by atoms with van der Waals surface area (Å²) < 4.78 is 10.5. The number of carbonyl (C=O) groups excluding carboxylic acids is 4. The van der Waals surface area contributed by atoms with Gasteiger partial charge in [-0.2, -0.15) is 0 Å². The maximum atomic E-state index is 12.7. The third kappa shape index (κ3) is 5.53. The van der Waals surface area contributed by atoms with Gasteiger partial charge in [0.2, 0.25) is 5.91 Å². The first-order valence-corrected chi connectivity index (χ1v) is 11.2. The molecule has 1 heterocycles. The molecule has 8 nitrogen and oxygen atoms in total. The second-order valence-corrected chi connectivity index (χ2v) is 9.18. The lowest BCUT2D eigenvalue weighted by Gasteiger charge is -2.18. The van der Waals surface area contributed by atoms with Crippen LogP contribution in [0.2, 0.25) is 0 Å². The van der Waals surface area contributed by atoms with Crippen LogP contribution in [-0.2, 0) is 27.1 Å². The topological polar surface area (TPSA) is 125 Å². The number of hydrogen-bond donors (Lipinski definition) is 2. The summed E-state index contributed by atoms with van der Waals surface area (Å²) >= 11 is 1.37. The molecule has 0 spiro atoms. The Hall–Kier alpha value is -3.20. The van der Waals surface area contributed by atoms with Crippen LogP contribution >= 0.6 is 11.3 Å². The van der Waals surface area contributed by atoms with Gasteiger partial charge in [-0.15, -0.1) is 11.3 Å². The van der Waals surface area contributed by atoms with Crippen LogP contribution in [0.3, 0.4) is 0 Å². The number of ether oxygens (including phenoxy) is 2. The molecule has 3 N–H and O–H groups in total. The third-order valence-corrected chi connectivity index (χ3v) is 6.22. The van der Waals surface area contributed by atoms with Crippen LogP contribution in [0.5, 0.6) is 0 Å². The Morgan fingerprint density at radius 3 is 2.41 bits per heavy atom. The quantitative estimate of drug-likeness (QED) is 0.613. The van der Waals surface area contributed by atoms with Gasteiger partial charge in [-0.25, -0.2) is 9.59 Å². The van der Waals surface area contributed by atoms with Gasteiger partial charge in [0, 0.05) is 10.4 Å². The van der Waals surface area contributed by atoms with Crippen molar-refractivity contribution in [2.45, 2.75) is 46.1 Å². The number of esters is 2. The van der Waals surface area contributed by atoms with E-state index in [1.54, 1.807) is 13.8 Å². The Morgan fingerprint density at radius 2 is 1.78 bits per heavy atom. The van der Waals surface area contributed by atoms with Crippen molar-refractivity contribution in [1.82, 2.24) is 0 Å². The number of nitrogens with one attached hydrogen (secondary N) is 1. The molecule has 0 fully saturated rings. The van der Waals surface area contributed by atoms with Crippen molar-refractivity contribution in [3.63, 3.8) is 0 Å². The molecule has 3 rings (SSSR count). The molecule has 1 aliphatic carbocycles. The molecule has 1 aromatic carbocycles. The maximum absolute atomic E-state index is 12.7. The lowest BCUT2D eigenvalue weighted by atomic mass is 9.88. The van der Waals surface area contributed by atoms with E-state index in [0.717, 1.165) is 29.7 Å². The summed E-state index contributed by atoms with van der Waals surface area (Å²) in [5, 5.41) is 3.13. The second kappa shape index (κ2) is 9.95. The Bertz CT molecular complexity index is 1040. The third-order valence-electron chi connectivity index (χ3n) is 5.05. The van der Waals surface area contributed by atoms with E-state index in [1.165, 1.54) is 35.6 Å². The molecule has 0 saturated heterocycles. The van der Waals surface area contributed by atoms with Gasteiger partial charge in [-0.3, -0.25) is 9.59 Å². The predicted molar refractivity (Wildman–Crippen MR) is 120 cm³/mol. The van der Waals surface area contributed by atoms with Gasteiger partial charge in [0.1, 0.15) is 5.00 Å². The Kier molecular flexibility index (Phi) is 7.29. The number of amides is 2. The highest BCUT2D eigenvalue weighted by Gasteiger charge is 2.29. The minimum atomic E-state index is -0.713. The number of carbonyl (C=O) groups is 4. The van der Waals surface area contributed by atoms with E-state index >= 15 is 0 Å². The summed E-state index contributed by atoms with van der Waals surface area (Å²) in [5.74, 6) is -1.84. The molecule has 2 aromatic rings. The van der Waals surface area contributed by atoms with E-state index in [4.69, 9.17) is 15.2 Å². The van der Waals surface area contributed by atoms with Crippen LogP contribution in [-0.4, -0.2) is 36.5 Å². The fourth-order valence-corrected chi connectivity index (χ4v) is 4.89. The highest BCUT2D eigenvalue weighted by Crippen LogP contribution is 2.40. The first-order valence-electron chi connectivity index (χ1n) is 10.4. The zero-order valence-electron chi connectivity index (χ0n) is 18.2. The van der Waals surface area contributed by atoms with Crippen LogP contribution in [0.25, 0.3) is 0 Å². The van der Waals surface area contributed by atoms with Crippen molar-refractivity contribution in [2.75, 3.05) is 11.9 Å². The molecule has 0 aliphatic heterocycles. The molecule has 2 amide bonds. The van der Waals surface area contributed by atoms with E-state index in [9.17, 15) is 19.2 Å². The summed E-state index contributed by atoms with van der Waals surface area (Å²) in [6.45, 7) is 5.18. The molecular weight excluding hydrogens is 432 g/mol. The van der Waals surface area contributed by atoms with Crippen molar-refractivity contribution >= 4 is 40.1 Å². The van der Waals surface area contributed by atoms with Crippen molar-refractivity contribution < 1.29 is 28.7 Å². The molecule has 0 bridgehead atoms. The first kappa shape index (κ1) is 23.5. The number of thiophene rings is 1. The van der Waals surface area contributed by atoms with Crippen molar-refractivity contribution in [1.29, 1.82) is 0 Å². The standard InChI is InChI=1S/C23H26N2O6S/c1-12(2)31-23(29)19-16-9-4-13(3)10-17(16)32-21(19)25-18(26)11-30-22(28)15-7-5-14(6-8-15)20(24)27/h5-8,12-13H,4,9-11H2,1-3H3,(H2,24,27)(H,25,26). The average Bonchev–Trinajstić information content (AvgIpc) is 3.08. The lowest BCUT2D eigenvalue weighted by molar-refractivity contribution is -0.119. The van der Waals surface area contributed by atoms with Crippen molar-refractivity contribution in [3.8, 4) is 0 Å². The van der Waals surface area contributed by atoms with Crippen LogP contribution in [0, 0.1) is 5.92 Å². The van der Waals surface area contributed by atoms with Gasteiger partial charge in [0.15, 0.2) is 6.61 Å². The zero-order valence-corrected chi connectivity index (χ0v) is 19.0. The minimum absolute atomic E-state index is 0.185. The minimum Gasteiger partial charge on any atom is -0.459 e. The molecule has 0 radical (unpaired) electrons. The van der Waals surface area contributed by atoms with E-state index < -0.39 is 30.4 Å².